The third-order valence-corrected chi connectivity index (χ3v) is 4.56. The average Bonchev–Trinajstić information content (AvgIpc) is 2.62. The van der Waals surface area contributed by atoms with Crippen LogP contribution in [0.15, 0.2) is 53.4 Å². The van der Waals surface area contributed by atoms with Gasteiger partial charge in [-0.3, -0.25) is 0 Å². The Morgan fingerprint density at radius 1 is 1.26 bits per heavy atom. The molecule has 0 aliphatic carbocycles. The van der Waals surface area contributed by atoms with Crippen LogP contribution in [0.5, 0.6) is 5.75 Å². The second kappa shape index (κ2) is 7.81. The fraction of sp³-hybridized carbons (Fsp3) is 0.333. The Bertz CT molecular complexity index is 632. The number of benzene rings is 2. The highest BCUT2D eigenvalue weighted by atomic mass is 32.2. The molecule has 2 aromatic carbocycles. The molecule has 5 heteroatoms. The van der Waals surface area contributed by atoms with Crippen molar-refractivity contribution in [2.45, 2.75) is 17.1 Å². The van der Waals surface area contributed by atoms with Crippen LogP contribution in [0.3, 0.4) is 0 Å². The summed E-state index contributed by atoms with van der Waals surface area (Å²) in [6.07, 6.45) is 1.60. The zero-order valence-electron chi connectivity index (χ0n) is 13.0. The monoisotopic (exact) mass is 333 g/mol. The van der Waals surface area contributed by atoms with E-state index in [0.717, 1.165) is 23.5 Å². The largest absolute Gasteiger partial charge is 0.482 e. The fourth-order valence-corrected chi connectivity index (χ4v) is 3.20. The van der Waals surface area contributed by atoms with E-state index in [-0.39, 0.29) is 18.0 Å². The lowest BCUT2D eigenvalue weighted by atomic mass is 10.0. The van der Waals surface area contributed by atoms with E-state index in [0.29, 0.717) is 12.4 Å². The van der Waals surface area contributed by atoms with Crippen molar-refractivity contribution in [2.24, 2.45) is 0 Å². The number of halogens is 1. The molecule has 1 N–H and O–H groups in total. The molecule has 0 radical (unpaired) electrons. The highest BCUT2D eigenvalue weighted by molar-refractivity contribution is 7.98. The first-order valence-electron chi connectivity index (χ1n) is 7.65. The van der Waals surface area contributed by atoms with Crippen molar-refractivity contribution >= 4 is 11.8 Å². The van der Waals surface area contributed by atoms with Crippen LogP contribution >= 0.6 is 11.8 Å². The molecule has 2 aromatic rings. The summed E-state index contributed by atoms with van der Waals surface area (Å²) in [6, 6.07) is 14.6. The van der Waals surface area contributed by atoms with Gasteiger partial charge in [-0.2, -0.15) is 0 Å². The van der Waals surface area contributed by atoms with Gasteiger partial charge in [0.25, 0.3) is 0 Å². The van der Waals surface area contributed by atoms with Gasteiger partial charge in [0.15, 0.2) is 6.10 Å². The molecule has 1 aliphatic rings. The van der Waals surface area contributed by atoms with Crippen LogP contribution < -0.4 is 10.1 Å². The molecule has 122 valence electrons. The number of hydrogen-bond donors (Lipinski definition) is 1. The lowest BCUT2D eigenvalue weighted by molar-refractivity contribution is -0.0440. The van der Waals surface area contributed by atoms with Crippen LogP contribution in [-0.2, 0) is 4.74 Å². The Morgan fingerprint density at radius 2 is 2.09 bits per heavy atom. The van der Waals surface area contributed by atoms with Crippen LogP contribution in [0, 0.1) is 5.82 Å². The first-order chi connectivity index (χ1) is 11.3. The molecule has 1 unspecified atom stereocenters. The minimum absolute atomic E-state index is 0.0779. The zero-order chi connectivity index (χ0) is 16.1. The van der Waals surface area contributed by atoms with Crippen molar-refractivity contribution in [1.29, 1.82) is 0 Å². The highest BCUT2D eigenvalue weighted by Crippen LogP contribution is 2.34. The van der Waals surface area contributed by atoms with E-state index in [1.165, 1.54) is 23.9 Å². The number of thioether (sulfide) groups is 1. The molecule has 0 aromatic heterocycles. The molecule has 0 spiro atoms. The third kappa shape index (κ3) is 4.05. The van der Waals surface area contributed by atoms with Crippen molar-refractivity contribution in [1.82, 2.24) is 5.32 Å². The van der Waals surface area contributed by atoms with E-state index < -0.39 is 0 Å². The lowest BCUT2D eigenvalue weighted by Crippen LogP contribution is -2.43. The predicted octanol–water partition coefficient (Wildman–Crippen LogP) is 3.66. The molecule has 1 heterocycles. The number of rotatable bonds is 5. The number of morpholine rings is 1. The first-order valence-corrected chi connectivity index (χ1v) is 8.88. The van der Waals surface area contributed by atoms with Gasteiger partial charge in [-0.05, 0) is 30.0 Å². The maximum Gasteiger partial charge on any atom is 0.151 e. The lowest BCUT2D eigenvalue weighted by Gasteiger charge is -2.32. The van der Waals surface area contributed by atoms with Crippen molar-refractivity contribution in [3.05, 3.63) is 59.9 Å². The van der Waals surface area contributed by atoms with E-state index >= 15 is 0 Å². The molecule has 0 bridgehead atoms. The molecular formula is C18H20FNO2S. The highest BCUT2D eigenvalue weighted by Gasteiger charge is 2.28. The van der Waals surface area contributed by atoms with Crippen LogP contribution in [0.4, 0.5) is 4.39 Å². The maximum absolute atomic E-state index is 13.4. The van der Waals surface area contributed by atoms with Gasteiger partial charge in [0.1, 0.15) is 17.7 Å². The SMILES string of the molecule is CSc1cc(F)ccc1OC(c1ccccc1)[C@@H]1CNCCO1. The van der Waals surface area contributed by atoms with E-state index in [1.54, 1.807) is 6.07 Å². The second-order valence-corrected chi connectivity index (χ2v) is 6.21. The van der Waals surface area contributed by atoms with Gasteiger partial charge in [-0.15, -0.1) is 11.8 Å². The van der Waals surface area contributed by atoms with Crippen molar-refractivity contribution in [2.75, 3.05) is 26.0 Å². The van der Waals surface area contributed by atoms with Gasteiger partial charge in [0, 0.05) is 13.1 Å². The quantitative estimate of drug-likeness (QED) is 0.846. The summed E-state index contributed by atoms with van der Waals surface area (Å²) in [5.41, 5.74) is 1.05. The summed E-state index contributed by atoms with van der Waals surface area (Å²) >= 11 is 1.47. The molecular weight excluding hydrogens is 313 g/mol. The molecule has 1 aliphatic heterocycles. The van der Waals surface area contributed by atoms with Crippen LogP contribution in [0.2, 0.25) is 0 Å². The smallest absolute Gasteiger partial charge is 0.151 e. The molecule has 0 saturated carbocycles. The molecule has 23 heavy (non-hydrogen) atoms. The summed E-state index contributed by atoms with van der Waals surface area (Å²) < 4.78 is 25.6. The van der Waals surface area contributed by atoms with Gasteiger partial charge in [0.2, 0.25) is 0 Å². The normalized spacial score (nSPS) is 19.3. The molecule has 3 rings (SSSR count). The molecule has 3 nitrogen and oxygen atoms in total. The zero-order valence-corrected chi connectivity index (χ0v) is 13.8. The Kier molecular flexibility index (Phi) is 5.54. The average molecular weight is 333 g/mol. The molecule has 1 saturated heterocycles. The molecule has 1 fully saturated rings. The summed E-state index contributed by atoms with van der Waals surface area (Å²) in [6.45, 7) is 2.25. The van der Waals surface area contributed by atoms with Gasteiger partial charge in [0.05, 0.1) is 11.5 Å². The van der Waals surface area contributed by atoms with Crippen molar-refractivity contribution in [3.63, 3.8) is 0 Å². The molecule has 2 atom stereocenters. The molecule has 0 amide bonds. The summed E-state index contributed by atoms with van der Waals surface area (Å²) in [5.74, 6) is 0.426. The van der Waals surface area contributed by atoms with E-state index in [9.17, 15) is 4.39 Å². The van der Waals surface area contributed by atoms with Crippen LogP contribution in [0.1, 0.15) is 11.7 Å². The van der Waals surface area contributed by atoms with E-state index in [4.69, 9.17) is 9.47 Å². The summed E-state index contributed by atoms with van der Waals surface area (Å²) in [7, 11) is 0. The Balaban J connectivity index is 1.89. The number of ether oxygens (including phenoxy) is 2. The minimum Gasteiger partial charge on any atom is -0.482 e. The first kappa shape index (κ1) is 16.3. The van der Waals surface area contributed by atoms with Crippen molar-refractivity contribution in [3.8, 4) is 5.75 Å². The Hall–Kier alpha value is -1.56. The third-order valence-electron chi connectivity index (χ3n) is 3.80. The standard InChI is InChI=1S/C18H20FNO2S/c1-23-17-11-14(19)7-8-15(17)22-18(13-5-3-2-4-6-13)16-12-20-9-10-21-16/h2-8,11,16,18,20H,9-10,12H2,1H3/t16-,18?/m0/s1. The summed E-state index contributed by atoms with van der Waals surface area (Å²) in [5, 5.41) is 3.34. The topological polar surface area (TPSA) is 30.5 Å². The van der Waals surface area contributed by atoms with Gasteiger partial charge in [-0.1, -0.05) is 30.3 Å². The second-order valence-electron chi connectivity index (χ2n) is 5.36. The van der Waals surface area contributed by atoms with Gasteiger partial charge in [-0.25, -0.2) is 4.39 Å². The predicted molar refractivity (Wildman–Crippen MR) is 90.6 cm³/mol. The fourth-order valence-electron chi connectivity index (χ4n) is 2.66. The van der Waals surface area contributed by atoms with Crippen LogP contribution in [-0.4, -0.2) is 32.1 Å². The van der Waals surface area contributed by atoms with E-state index in [1.807, 2.05) is 36.6 Å². The van der Waals surface area contributed by atoms with Crippen molar-refractivity contribution < 1.29 is 13.9 Å². The Morgan fingerprint density at radius 3 is 2.78 bits per heavy atom. The van der Waals surface area contributed by atoms with Gasteiger partial charge >= 0.3 is 0 Å². The van der Waals surface area contributed by atoms with Crippen LogP contribution in [0.25, 0.3) is 0 Å². The summed E-state index contributed by atoms with van der Waals surface area (Å²) in [4.78, 5) is 0.787. The Labute approximate surface area is 140 Å². The van der Waals surface area contributed by atoms with E-state index in [2.05, 4.69) is 5.32 Å². The minimum atomic E-state index is -0.256. The van der Waals surface area contributed by atoms with Gasteiger partial charge < -0.3 is 14.8 Å². The number of hydrogen-bond acceptors (Lipinski definition) is 4. The number of nitrogens with one attached hydrogen (secondary N) is 1. The maximum atomic E-state index is 13.4.